The molecule has 104 valence electrons. The van der Waals surface area contributed by atoms with Crippen LogP contribution in [-0.4, -0.2) is 28.3 Å². The number of rotatable bonds is 4. The highest BCUT2D eigenvalue weighted by atomic mass is 79.9. The standard InChI is InChI=1S/C12H17BrN4O2/c1-2-6-17-12(19)10(13)9(7-15-17)16-8-4-3-5-14-11(8)18/h7-8,16H,2-6H2,1H3,(H,14,18). The van der Waals surface area contributed by atoms with Crippen LogP contribution in [0, 0.1) is 0 Å². The lowest BCUT2D eigenvalue weighted by Crippen LogP contribution is -2.44. The van der Waals surface area contributed by atoms with E-state index in [4.69, 9.17) is 0 Å². The number of nitrogens with zero attached hydrogens (tertiary/aromatic N) is 2. The summed E-state index contributed by atoms with van der Waals surface area (Å²) in [5.41, 5.74) is 0.391. The van der Waals surface area contributed by atoms with Gasteiger partial charge in [-0.2, -0.15) is 5.10 Å². The van der Waals surface area contributed by atoms with Gasteiger partial charge in [0, 0.05) is 13.1 Å². The summed E-state index contributed by atoms with van der Waals surface area (Å²) in [5, 5.41) is 9.97. The van der Waals surface area contributed by atoms with Gasteiger partial charge in [0.1, 0.15) is 10.5 Å². The predicted octanol–water partition coefficient (Wildman–Crippen LogP) is 1.11. The van der Waals surface area contributed by atoms with Crippen LogP contribution in [0.25, 0.3) is 0 Å². The molecule has 2 N–H and O–H groups in total. The quantitative estimate of drug-likeness (QED) is 0.868. The van der Waals surface area contributed by atoms with E-state index in [9.17, 15) is 9.59 Å². The topological polar surface area (TPSA) is 76.0 Å². The van der Waals surface area contributed by atoms with Crippen LogP contribution in [0.5, 0.6) is 0 Å². The molecule has 0 bridgehead atoms. The lowest BCUT2D eigenvalue weighted by atomic mass is 10.1. The molecule has 0 aromatic carbocycles. The van der Waals surface area contributed by atoms with E-state index in [0.717, 1.165) is 19.3 Å². The van der Waals surface area contributed by atoms with Gasteiger partial charge in [0.2, 0.25) is 5.91 Å². The zero-order chi connectivity index (χ0) is 13.8. The van der Waals surface area contributed by atoms with Crippen molar-refractivity contribution < 1.29 is 4.79 Å². The van der Waals surface area contributed by atoms with Gasteiger partial charge in [-0.15, -0.1) is 0 Å². The van der Waals surface area contributed by atoms with Crippen molar-refractivity contribution in [1.82, 2.24) is 15.1 Å². The second-order valence-electron chi connectivity index (χ2n) is 4.53. The van der Waals surface area contributed by atoms with Gasteiger partial charge in [-0.05, 0) is 35.2 Å². The average Bonchev–Trinajstić information content (AvgIpc) is 2.41. The minimum atomic E-state index is -0.298. The molecule has 1 fully saturated rings. The van der Waals surface area contributed by atoms with Crippen LogP contribution in [-0.2, 0) is 11.3 Å². The van der Waals surface area contributed by atoms with Crippen LogP contribution in [0.3, 0.4) is 0 Å². The lowest BCUT2D eigenvalue weighted by molar-refractivity contribution is -0.123. The molecule has 1 unspecified atom stereocenters. The molecule has 6 nitrogen and oxygen atoms in total. The summed E-state index contributed by atoms with van der Waals surface area (Å²) >= 11 is 3.28. The fraction of sp³-hybridized carbons (Fsp3) is 0.583. The molecule has 1 atom stereocenters. The van der Waals surface area contributed by atoms with Crippen molar-refractivity contribution in [3.05, 3.63) is 21.0 Å². The Morgan fingerprint density at radius 3 is 3.05 bits per heavy atom. The van der Waals surface area contributed by atoms with Crippen LogP contribution >= 0.6 is 15.9 Å². The molecule has 1 aliphatic rings. The molecule has 2 rings (SSSR count). The summed E-state index contributed by atoms with van der Waals surface area (Å²) in [5.74, 6) is -0.0316. The molecule has 2 heterocycles. The van der Waals surface area contributed by atoms with E-state index in [0.29, 0.717) is 23.2 Å². The molecule has 1 aromatic rings. The summed E-state index contributed by atoms with van der Waals surface area (Å²) < 4.78 is 1.84. The van der Waals surface area contributed by atoms with E-state index in [1.807, 2.05) is 6.92 Å². The zero-order valence-electron chi connectivity index (χ0n) is 10.8. The van der Waals surface area contributed by atoms with Crippen molar-refractivity contribution in [3.63, 3.8) is 0 Å². The number of aromatic nitrogens is 2. The number of piperidine rings is 1. The van der Waals surface area contributed by atoms with Crippen molar-refractivity contribution in [2.24, 2.45) is 0 Å². The highest BCUT2D eigenvalue weighted by molar-refractivity contribution is 9.10. The molecule has 1 aromatic heterocycles. The molecule has 1 aliphatic heterocycles. The van der Waals surface area contributed by atoms with E-state index in [1.54, 1.807) is 6.20 Å². The Kier molecular flexibility index (Phi) is 4.57. The maximum atomic E-state index is 12.0. The van der Waals surface area contributed by atoms with Gasteiger partial charge in [-0.1, -0.05) is 6.92 Å². The Balaban J connectivity index is 2.19. The molecule has 1 amide bonds. The number of carbonyl (C=O) groups is 1. The first-order chi connectivity index (χ1) is 9.13. The number of nitrogens with one attached hydrogen (secondary N) is 2. The van der Waals surface area contributed by atoms with Crippen molar-refractivity contribution in [2.75, 3.05) is 11.9 Å². The normalized spacial score (nSPS) is 19.1. The third-order valence-electron chi connectivity index (χ3n) is 3.04. The number of amides is 1. The number of hydrogen-bond donors (Lipinski definition) is 2. The molecule has 0 spiro atoms. The Labute approximate surface area is 119 Å². The molecule has 0 radical (unpaired) electrons. The highest BCUT2D eigenvalue weighted by Crippen LogP contribution is 2.19. The first-order valence-electron chi connectivity index (χ1n) is 6.43. The number of halogens is 1. The van der Waals surface area contributed by atoms with Crippen molar-refractivity contribution >= 4 is 27.5 Å². The van der Waals surface area contributed by atoms with Gasteiger partial charge in [-0.3, -0.25) is 9.59 Å². The Hall–Kier alpha value is -1.37. The molecular formula is C12H17BrN4O2. The van der Waals surface area contributed by atoms with Crippen LogP contribution < -0.4 is 16.2 Å². The summed E-state index contributed by atoms with van der Waals surface area (Å²) in [6, 6.07) is -0.298. The SMILES string of the molecule is CCCn1ncc(NC2CCCNC2=O)c(Br)c1=O. The lowest BCUT2D eigenvalue weighted by Gasteiger charge is -2.24. The predicted molar refractivity (Wildman–Crippen MR) is 76.1 cm³/mol. The smallest absolute Gasteiger partial charge is 0.283 e. The summed E-state index contributed by atoms with van der Waals surface area (Å²) in [6.07, 6.45) is 4.12. The second kappa shape index (κ2) is 6.18. The van der Waals surface area contributed by atoms with Crippen molar-refractivity contribution in [1.29, 1.82) is 0 Å². The molecule has 0 saturated carbocycles. The number of anilines is 1. The Morgan fingerprint density at radius 1 is 1.58 bits per heavy atom. The largest absolute Gasteiger partial charge is 0.371 e. The van der Waals surface area contributed by atoms with E-state index >= 15 is 0 Å². The van der Waals surface area contributed by atoms with Gasteiger partial charge >= 0.3 is 0 Å². The molecule has 7 heteroatoms. The number of hydrogen-bond acceptors (Lipinski definition) is 4. The van der Waals surface area contributed by atoms with Crippen LogP contribution in [0.4, 0.5) is 5.69 Å². The van der Waals surface area contributed by atoms with E-state index < -0.39 is 0 Å². The number of carbonyl (C=O) groups excluding carboxylic acids is 1. The Bertz CT molecular complexity index is 529. The van der Waals surface area contributed by atoms with E-state index in [1.165, 1.54) is 4.68 Å². The first-order valence-corrected chi connectivity index (χ1v) is 7.22. The minimum absolute atomic E-state index is 0.0316. The van der Waals surface area contributed by atoms with Crippen LogP contribution in [0.2, 0.25) is 0 Å². The average molecular weight is 329 g/mol. The maximum Gasteiger partial charge on any atom is 0.283 e. The van der Waals surface area contributed by atoms with Crippen LogP contribution in [0.15, 0.2) is 15.5 Å². The fourth-order valence-corrected chi connectivity index (χ4v) is 2.46. The molecule has 19 heavy (non-hydrogen) atoms. The summed E-state index contributed by atoms with van der Waals surface area (Å²) in [4.78, 5) is 23.7. The number of aryl methyl sites for hydroxylation is 1. The van der Waals surface area contributed by atoms with Crippen molar-refractivity contribution in [2.45, 2.75) is 38.8 Å². The fourth-order valence-electron chi connectivity index (χ4n) is 2.03. The van der Waals surface area contributed by atoms with Gasteiger partial charge in [0.15, 0.2) is 0 Å². The maximum absolute atomic E-state index is 12.0. The Morgan fingerprint density at radius 2 is 2.37 bits per heavy atom. The monoisotopic (exact) mass is 328 g/mol. The third kappa shape index (κ3) is 3.15. The highest BCUT2D eigenvalue weighted by Gasteiger charge is 2.23. The minimum Gasteiger partial charge on any atom is -0.371 e. The molecular weight excluding hydrogens is 312 g/mol. The van der Waals surface area contributed by atoms with E-state index in [2.05, 4.69) is 31.7 Å². The molecule has 0 aliphatic carbocycles. The summed E-state index contributed by atoms with van der Waals surface area (Å²) in [6.45, 7) is 3.29. The van der Waals surface area contributed by atoms with Crippen LogP contribution in [0.1, 0.15) is 26.2 Å². The second-order valence-corrected chi connectivity index (χ2v) is 5.32. The van der Waals surface area contributed by atoms with Gasteiger partial charge in [0.25, 0.3) is 5.56 Å². The first kappa shape index (κ1) is 14.0. The van der Waals surface area contributed by atoms with Gasteiger partial charge in [0.05, 0.1) is 11.9 Å². The molecule has 1 saturated heterocycles. The zero-order valence-corrected chi connectivity index (χ0v) is 12.4. The van der Waals surface area contributed by atoms with Gasteiger partial charge in [-0.25, -0.2) is 4.68 Å². The van der Waals surface area contributed by atoms with Gasteiger partial charge < -0.3 is 10.6 Å². The van der Waals surface area contributed by atoms with Crippen molar-refractivity contribution in [3.8, 4) is 0 Å². The summed E-state index contributed by atoms with van der Waals surface area (Å²) in [7, 11) is 0. The third-order valence-corrected chi connectivity index (χ3v) is 3.80. The van der Waals surface area contributed by atoms with E-state index in [-0.39, 0.29) is 17.5 Å².